The van der Waals surface area contributed by atoms with E-state index in [1.807, 2.05) is 0 Å². The quantitative estimate of drug-likeness (QED) is 0.760. The molecule has 3 N–H and O–H groups in total. The van der Waals surface area contributed by atoms with Crippen molar-refractivity contribution < 1.29 is 9.90 Å². The Morgan fingerprint density at radius 2 is 2.09 bits per heavy atom. The number of aliphatic hydroxyl groups excluding tert-OH is 1. The molecule has 23 heavy (non-hydrogen) atoms. The summed E-state index contributed by atoms with van der Waals surface area (Å²) >= 11 is 5.88. The summed E-state index contributed by atoms with van der Waals surface area (Å²) in [4.78, 5) is 12.1. The zero-order chi connectivity index (χ0) is 16.7. The van der Waals surface area contributed by atoms with Crippen LogP contribution in [0.15, 0.2) is 42.5 Å². The summed E-state index contributed by atoms with van der Waals surface area (Å²) < 4.78 is 0. The molecule has 0 aliphatic carbocycles. The van der Waals surface area contributed by atoms with E-state index in [-0.39, 0.29) is 12.5 Å². The smallest absolute Gasteiger partial charge is 0.251 e. The summed E-state index contributed by atoms with van der Waals surface area (Å²) in [5, 5.41) is 24.2. The van der Waals surface area contributed by atoms with Crippen LogP contribution in [0.3, 0.4) is 0 Å². The largest absolute Gasteiger partial charge is 0.395 e. The number of nitrogens with zero attached hydrogens (tertiary/aromatic N) is 1. The standard InChI is InChI=1S/C17H16ClN3O2/c18-15-3-1-2-13(9-15)17(23)21-11-14-5-4-12(10-19)8-16(14)20-6-7-22/h1-5,8-9,20,22H,6-7,11H2,(H,21,23). The van der Waals surface area contributed by atoms with Gasteiger partial charge in [-0.15, -0.1) is 0 Å². The van der Waals surface area contributed by atoms with Gasteiger partial charge in [-0.1, -0.05) is 23.7 Å². The van der Waals surface area contributed by atoms with E-state index in [1.165, 1.54) is 0 Å². The highest BCUT2D eigenvalue weighted by molar-refractivity contribution is 6.30. The SMILES string of the molecule is N#Cc1ccc(CNC(=O)c2cccc(Cl)c2)c(NCCO)c1. The molecule has 2 aromatic carbocycles. The van der Waals surface area contributed by atoms with Crippen LogP contribution in [0.5, 0.6) is 0 Å². The molecule has 2 aromatic rings. The summed E-state index contributed by atoms with van der Waals surface area (Å²) in [6.07, 6.45) is 0. The third kappa shape index (κ3) is 4.71. The molecule has 5 nitrogen and oxygen atoms in total. The van der Waals surface area contributed by atoms with Crippen LogP contribution in [0, 0.1) is 11.3 Å². The molecular weight excluding hydrogens is 314 g/mol. The second-order valence-corrected chi connectivity index (χ2v) is 5.26. The van der Waals surface area contributed by atoms with E-state index in [1.54, 1.807) is 42.5 Å². The predicted molar refractivity (Wildman–Crippen MR) is 89.4 cm³/mol. The van der Waals surface area contributed by atoms with Gasteiger partial charge in [-0.25, -0.2) is 0 Å². The molecule has 0 heterocycles. The number of carbonyl (C=O) groups excluding carboxylic acids is 1. The number of halogens is 1. The number of benzene rings is 2. The summed E-state index contributed by atoms with van der Waals surface area (Å²) in [6.45, 7) is 0.639. The van der Waals surface area contributed by atoms with E-state index in [0.717, 1.165) is 5.56 Å². The van der Waals surface area contributed by atoms with Crippen LogP contribution in [-0.4, -0.2) is 24.2 Å². The lowest BCUT2D eigenvalue weighted by Crippen LogP contribution is -2.23. The molecule has 0 atom stereocenters. The molecule has 0 aliphatic heterocycles. The Kier molecular flexibility index (Phi) is 5.98. The Bertz CT molecular complexity index is 741. The first-order chi connectivity index (χ1) is 11.1. The Morgan fingerprint density at radius 1 is 1.26 bits per heavy atom. The van der Waals surface area contributed by atoms with E-state index < -0.39 is 0 Å². The van der Waals surface area contributed by atoms with Crippen LogP contribution in [0.25, 0.3) is 0 Å². The Morgan fingerprint density at radius 3 is 2.78 bits per heavy atom. The topological polar surface area (TPSA) is 85.2 Å². The van der Waals surface area contributed by atoms with Crippen molar-refractivity contribution in [1.82, 2.24) is 5.32 Å². The fourth-order valence-corrected chi connectivity index (χ4v) is 2.25. The Balaban J connectivity index is 2.10. The van der Waals surface area contributed by atoms with E-state index in [0.29, 0.717) is 34.9 Å². The maximum Gasteiger partial charge on any atom is 0.251 e. The monoisotopic (exact) mass is 329 g/mol. The second kappa shape index (κ2) is 8.18. The summed E-state index contributed by atoms with van der Waals surface area (Å²) in [6, 6.07) is 13.9. The minimum Gasteiger partial charge on any atom is -0.395 e. The first kappa shape index (κ1) is 16.8. The van der Waals surface area contributed by atoms with Crippen molar-refractivity contribution in [2.45, 2.75) is 6.54 Å². The second-order valence-electron chi connectivity index (χ2n) is 4.83. The van der Waals surface area contributed by atoms with Crippen LogP contribution in [0.1, 0.15) is 21.5 Å². The van der Waals surface area contributed by atoms with Gasteiger partial charge in [0.15, 0.2) is 0 Å². The van der Waals surface area contributed by atoms with E-state index in [2.05, 4.69) is 16.7 Å². The van der Waals surface area contributed by atoms with Gasteiger partial charge in [0, 0.05) is 29.4 Å². The maximum absolute atomic E-state index is 12.1. The van der Waals surface area contributed by atoms with Crippen LogP contribution >= 0.6 is 11.6 Å². The van der Waals surface area contributed by atoms with Gasteiger partial charge in [-0.2, -0.15) is 5.26 Å². The number of nitrogens with one attached hydrogen (secondary N) is 2. The summed E-state index contributed by atoms with van der Waals surface area (Å²) in [5.41, 5.74) is 2.53. The highest BCUT2D eigenvalue weighted by Gasteiger charge is 2.08. The zero-order valence-electron chi connectivity index (χ0n) is 12.3. The molecule has 0 unspecified atom stereocenters. The molecule has 0 fully saturated rings. The van der Waals surface area contributed by atoms with E-state index in [4.69, 9.17) is 22.0 Å². The van der Waals surface area contributed by atoms with Gasteiger partial charge in [0.2, 0.25) is 0 Å². The molecule has 0 radical (unpaired) electrons. The van der Waals surface area contributed by atoms with Crippen molar-refractivity contribution in [1.29, 1.82) is 5.26 Å². The Labute approximate surface area is 139 Å². The van der Waals surface area contributed by atoms with Crippen LogP contribution in [0.4, 0.5) is 5.69 Å². The lowest BCUT2D eigenvalue weighted by molar-refractivity contribution is 0.0951. The van der Waals surface area contributed by atoms with Crippen molar-refractivity contribution >= 4 is 23.2 Å². The predicted octanol–water partition coefficient (Wildman–Crippen LogP) is 2.55. The van der Waals surface area contributed by atoms with Gasteiger partial charge >= 0.3 is 0 Å². The van der Waals surface area contributed by atoms with Crippen molar-refractivity contribution in [3.05, 3.63) is 64.2 Å². The number of hydrogen-bond acceptors (Lipinski definition) is 4. The molecule has 0 aliphatic rings. The number of aliphatic hydroxyl groups is 1. The maximum atomic E-state index is 12.1. The van der Waals surface area contributed by atoms with Gasteiger partial charge in [0.05, 0.1) is 18.2 Å². The molecule has 2 rings (SSSR count). The van der Waals surface area contributed by atoms with Gasteiger partial charge in [0.25, 0.3) is 5.91 Å². The van der Waals surface area contributed by atoms with Crippen molar-refractivity contribution in [3.63, 3.8) is 0 Å². The van der Waals surface area contributed by atoms with Gasteiger partial charge in [0.1, 0.15) is 0 Å². The van der Waals surface area contributed by atoms with Crippen LogP contribution in [0.2, 0.25) is 5.02 Å². The lowest BCUT2D eigenvalue weighted by Gasteiger charge is -2.13. The van der Waals surface area contributed by atoms with Crippen LogP contribution in [-0.2, 0) is 6.54 Å². The third-order valence-electron chi connectivity index (χ3n) is 3.19. The van der Waals surface area contributed by atoms with Gasteiger partial charge in [-0.05, 0) is 35.9 Å². The first-order valence-electron chi connectivity index (χ1n) is 7.05. The molecule has 6 heteroatoms. The highest BCUT2D eigenvalue weighted by atomic mass is 35.5. The summed E-state index contributed by atoms with van der Waals surface area (Å²) in [5.74, 6) is -0.232. The molecule has 0 bridgehead atoms. The van der Waals surface area contributed by atoms with Crippen molar-refractivity contribution in [2.75, 3.05) is 18.5 Å². The van der Waals surface area contributed by atoms with Gasteiger partial charge < -0.3 is 15.7 Å². The highest BCUT2D eigenvalue weighted by Crippen LogP contribution is 2.18. The number of anilines is 1. The third-order valence-corrected chi connectivity index (χ3v) is 3.43. The number of amides is 1. The molecule has 118 valence electrons. The molecule has 0 aromatic heterocycles. The van der Waals surface area contributed by atoms with E-state index in [9.17, 15) is 4.79 Å². The van der Waals surface area contributed by atoms with Gasteiger partial charge in [-0.3, -0.25) is 4.79 Å². The number of carbonyl (C=O) groups is 1. The van der Waals surface area contributed by atoms with Crippen molar-refractivity contribution in [2.24, 2.45) is 0 Å². The van der Waals surface area contributed by atoms with E-state index >= 15 is 0 Å². The average molecular weight is 330 g/mol. The fraction of sp³-hybridized carbons (Fsp3) is 0.176. The Hall–Kier alpha value is -2.55. The van der Waals surface area contributed by atoms with Crippen LogP contribution < -0.4 is 10.6 Å². The molecule has 0 spiro atoms. The molecule has 0 saturated heterocycles. The number of nitriles is 1. The first-order valence-corrected chi connectivity index (χ1v) is 7.43. The minimum absolute atomic E-state index is 0.0227. The lowest BCUT2D eigenvalue weighted by atomic mass is 10.1. The zero-order valence-corrected chi connectivity index (χ0v) is 13.1. The average Bonchev–Trinajstić information content (AvgIpc) is 2.58. The molecular formula is C17H16ClN3O2. The molecule has 1 amide bonds. The van der Waals surface area contributed by atoms with Crippen molar-refractivity contribution in [3.8, 4) is 6.07 Å². The summed E-state index contributed by atoms with van der Waals surface area (Å²) in [7, 11) is 0. The number of hydrogen-bond donors (Lipinski definition) is 3. The molecule has 0 saturated carbocycles. The minimum atomic E-state index is -0.232. The fourth-order valence-electron chi connectivity index (χ4n) is 2.06. The normalized spacial score (nSPS) is 9.96. The number of rotatable bonds is 6.